The molecular weight excluding hydrogens is 334 g/mol. The van der Waals surface area contributed by atoms with Crippen molar-refractivity contribution in [2.75, 3.05) is 26.2 Å². The minimum atomic E-state index is -0.623. The predicted octanol–water partition coefficient (Wildman–Crippen LogP) is 1.30. The molecule has 2 aliphatic rings. The van der Waals surface area contributed by atoms with Gasteiger partial charge >= 0.3 is 12.0 Å². The van der Waals surface area contributed by atoms with E-state index in [0.717, 1.165) is 13.1 Å². The molecule has 3 rings (SSSR count). The Hall–Kier alpha value is -2.28. The Morgan fingerprint density at radius 2 is 2.00 bits per heavy atom. The number of nitrogens with one attached hydrogen (secondary N) is 3. The van der Waals surface area contributed by atoms with E-state index in [2.05, 4.69) is 10.6 Å². The van der Waals surface area contributed by atoms with Crippen LogP contribution in [0.25, 0.3) is 0 Å². The van der Waals surface area contributed by atoms with Crippen molar-refractivity contribution in [3.8, 4) is 0 Å². The van der Waals surface area contributed by atoms with Gasteiger partial charge < -0.3 is 24.7 Å². The SMILES string of the molecule is CCOC(=O)C1=C(C[NH+]2CCCCCCC2)NC(=O)N[C@@H]1c1ccco1. The van der Waals surface area contributed by atoms with Crippen molar-refractivity contribution in [3.63, 3.8) is 0 Å². The van der Waals surface area contributed by atoms with Gasteiger partial charge in [0.15, 0.2) is 0 Å². The number of hydrogen-bond acceptors (Lipinski definition) is 4. The normalized spacial score (nSPS) is 22.2. The molecular formula is C19H28N3O4+. The Morgan fingerprint density at radius 1 is 1.27 bits per heavy atom. The largest absolute Gasteiger partial charge is 0.467 e. The Kier molecular flexibility index (Phi) is 6.33. The lowest BCUT2D eigenvalue weighted by Crippen LogP contribution is -3.12. The zero-order chi connectivity index (χ0) is 18.4. The third-order valence-electron chi connectivity index (χ3n) is 4.96. The molecule has 0 aliphatic carbocycles. The van der Waals surface area contributed by atoms with Crippen LogP contribution in [0.4, 0.5) is 4.79 Å². The summed E-state index contributed by atoms with van der Waals surface area (Å²) in [5, 5.41) is 5.63. The van der Waals surface area contributed by atoms with Gasteiger partial charge in [0.05, 0.1) is 37.2 Å². The van der Waals surface area contributed by atoms with Crippen LogP contribution in [0.3, 0.4) is 0 Å². The van der Waals surface area contributed by atoms with Crippen molar-refractivity contribution in [2.45, 2.75) is 45.1 Å². The Balaban J connectivity index is 1.90. The van der Waals surface area contributed by atoms with E-state index < -0.39 is 12.0 Å². The van der Waals surface area contributed by atoms with Crippen molar-refractivity contribution >= 4 is 12.0 Å². The average Bonchev–Trinajstić information content (AvgIpc) is 3.11. The van der Waals surface area contributed by atoms with E-state index >= 15 is 0 Å². The molecule has 2 amide bonds. The highest BCUT2D eigenvalue weighted by molar-refractivity contribution is 5.95. The average molecular weight is 362 g/mol. The molecule has 0 saturated carbocycles. The van der Waals surface area contributed by atoms with E-state index in [4.69, 9.17) is 9.15 Å². The zero-order valence-electron chi connectivity index (χ0n) is 15.3. The van der Waals surface area contributed by atoms with Crippen LogP contribution >= 0.6 is 0 Å². The van der Waals surface area contributed by atoms with Crippen molar-refractivity contribution in [2.24, 2.45) is 0 Å². The molecule has 0 spiro atoms. The second kappa shape index (κ2) is 8.89. The summed E-state index contributed by atoms with van der Waals surface area (Å²) in [5.41, 5.74) is 1.08. The number of quaternary nitrogens is 1. The van der Waals surface area contributed by atoms with Crippen molar-refractivity contribution < 1.29 is 23.6 Å². The first-order valence-electron chi connectivity index (χ1n) is 9.53. The second-order valence-electron chi connectivity index (χ2n) is 6.85. The fourth-order valence-electron chi connectivity index (χ4n) is 3.71. The van der Waals surface area contributed by atoms with Crippen molar-refractivity contribution in [3.05, 3.63) is 35.4 Å². The number of ether oxygens (including phenoxy) is 1. The second-order valence-corrected chi connectivity index (χ2v) is 6.85. The van der Waals surface area contributed by atoms with Gasteiger partial charge in [-0.05, 0) is 44.7 Å². The van der Waals surface area contributed by atoms with Gasteiger partial charge in [-0.15, -0.1) is 0 Å². The number of furan rings is 1. The standard InChI is InChI=1S/C19H27N3O4/c1-2-25-18(23)16-14(13-22-10-6-4-3-5-7-11-22)20-19(24)21-17(16)15-9-8-12-26-15/h8-9,12,17H,2-7,10-11,13H2,1H3,(H2,20,21,24)/p+1/t17-/m1/s1. The smallest absolute Gasteiger partial charge is 0.338 e. The van der Waals surface area contributed by atoms with Crippen LogP contribution in [-0.4, -0.2) is 38.2 Å². The third-order valence-corrected chi connectivity index (χ3v) is 4.96. The van der Waals surface area contributed by atoms with Gasteiger partial charge in [0.25, 0.3) is 0 Å². The summed E-state index contributed by atoms with van der Waals surface area (Å²) in [4.78, 5) is 26.3. The number of esters is 1. The maximum atomic E-state index is 12.7. The fraction of sp³-hybridized carbons (Fsp3) is 0.579. The number of amides is 2. The van der Waals surface area contributed by atoms with E-state index in [9.17, 15) is 9.59 Å². The zero-order valence-corrected chi connectivity index (χ0v) is 15.3. The molecule has 0 radical (unpaired) electrons. The summed E-state index contributed by atoms with van der Waals surface area (Å²) < 4.78 is 10.7. The quantitative estimate of drug-likeness (QED) is 0.690. The molecule has 0 unspecified atom stereocenters. The summed E-state index contributed by atoms with van der Waals surface area (Å²) >= 11 is 0. The highest BCUT2D eigenvalue weighted by atomic mass is 16.5. The summed E-state index contributed by atoms with van der Waals surface area (Å²) in [6.07, 6.45) is 7.67. The lowest BCUT2D eigenvalue weighted by Gasteiger charge is -2.30. The molecule has 0 bridgehead atoms. The van der Waals surface area contributed by atoms with Crippen LogP contribution in [0.5, 0.6) is 0 Å². The molecule has 0 aromatic carbocycles. The summed E-state index contributed by atoms with van der Waals surface area (Å²) in [5.74, 6) is 0.117. The van der Waals surface area contributed by atoms with Gasteiger partial charge in [0.2, 0.25) is 0 Å². The van der Waals surface area contributed by atoms with Crippen LogP contribution < -0.4 is 15.5 Å². The summed E-state index contributed by atoms with van der Waals surface area (Å²) in [6.45, 7) is 4.77. The highest BCUT2D eigenvalue weighted by Crippen LogP contribution is 2.27. The molecule has 3 heterocycles. The van der Waals surface area contributed by atoms with Crippen LogP contribution in [0.1, 0.15) is 50.8 Å². The highest BCUT2D eigenvalue weighted by Gasteiger charge is 2.36. The fourth-order valence-corrected chi connectivity index (χ4v) is 3.71. The lowest BCUT2D eigenvalue weighted by molar-refractivity contribution is -0.896. The molecule has 2 aliphatic heterocycles. The van der Waals surface area contributed by atoms with Crippen LogP contribution in [0.15, 0.2) is 34.1 Å². The molecule has 7 heteroatoms. The monoisotopic (exact) mass is 362 g/mol. The number of hydrogen-bond donors (Lipinski definition) is 3. The molecule has 142 valence electrons. The van der Waals surface area contributed by atoms with Gasteiger partial charge in [0.1, 0.15) is 18.3 Å². The molecule has 26 heavy (non-hydrogen) atoms. The van der Waals surface area contributed by atoms with Crippen LogP contribution in [0, 0.1) is 0 Å². The Morgan fingerprint density at radius 3 is 2.65 bits per heavy atom. The minimum absolute atomic E-state index is 0.283. The first-order valence-corrected chi connectivity index (χ1v) is 9.53. The van der Waals surface area contributed by atoms with Gasteiger partial charge in [-0.3, -0.25) is 0 Å². The maximum Gasteiger partial charge on any atom is 0.338 e. The van der Waals surface area contributed by atoms with E-state index in [-0.39, 0.29) is 12.6 Å². The van der Waals surface area contributed by atoms with E-state index in [0.29, 0.717) is 23.6 Å². The number of carbonyl (C=O) groups excluding carboxylic acids is 2. The van der Waals surface area contributed by atoms with Crippen LogP contribution in [0.2, 0.25) is 0 Å². The molecule has 1 aromatic rings. The molecule has 7 nitrogen and oxygen atoms in total. The molecule has 1 saturated heterocycles. The minimum Gasteiger partial charge on any atom is -0.467 e. The molecule has 3 N–H and O–H groups in total. The van der Waals surface area contributed by atoms with Crippen molar-refractivity contribution in [1.29, 1.82) is 0 Å². The van der Waals surface area contributed by atoms with Gasteiger partial charge in [-0.2, -0.15) is 0 Å². The van der Waals surface area contributed by atoms with Crippen LogP contribution in [-0.2, 0) is 9.53 Å². The Labute approximate surface area is 153 Å². The number of carbonyl (C=O) groups is 2. The third kappa shape index (κ3) is 4.46. The van der Waals surface area contributed by atoms with Crippen molar-refractivity contribution in [1.82, 2.24) is 10.6 Å². The van der Waals surface area contributed by atoms with Gasteiger partial charge in [-0.25, -0.2) is 9.59 Å². The molecule has 1 fully saturated rings. The topological polar surface area (TPSA) is 85.0 Å². The van der Waals surface area contributed by atoms with E-state index in [1.54, 1.807) is 19.1 Å². The Bertz CT molecular complexity index is 646. The molecule has 1 aromatic heterocycles. The van der Waals surface area contributed by atoms with E-state index in [1.165, 1.54) is 43.3 Å². The lowest BCUT2D eigenvalue weighted by atomic mass is 9.99. The number of likely N-dealkylation sites (tertiary alicyclic amines) is 1. The first kappa shape index (κ1) is 18.5. The number of urea groups is 1. The predicted molar refractivity (Wildman–Crippen MR) is 95.4 cm³/mol. The summed E-state index contributed by atoms with van der Waals surface area (Å²) in [7, 11) is 0. The van der Waals surface area contributed by atoms with Gasteiger partial charge in [0, 0.05) is 0 Å². The van der Waals surface area contributed by atoms with E-state index in [1.807, 2.05) is 0 Å². The molecule has 1 atom stereocenters. The van der Waals surface area contributed by atoms with Gasteiger partial charge in [-0.1, -0.05) is 6.42 Å². The summed E-state index contributed by atoms with van der Waals surface area (Å²) in [6, 6.07) is 2.56. The number of rotatable bonds is 5. The maximum absolute atomic E-state index is 12.7. The first-order chi connectivity index (χ1) is 12.7.